The van der Waals surface area contributed by atoms with Crippen molar-refractivity contribution in [3.05, 3.63) is 53.7 Å². The number of halogens is 2. The third-order valence-electron chi connectivity index (χ3n) is 5.18. The summed E-state index contributed by atoms with van der Waals surface area (Å²) in [6.45, 7) is 3.94. The molecule has 7 heteroatoms. The Bertz CT molecular complexity index is 920. The second kappa shape index (κ2) is 6.87. The fourth-order valence-corrected chi connectivity index (χ4v) is 3.78. The summed E-state index contributed by atoms with van der Waals surface area (Å²) >= 11 is 0. The van der Waals surface area contributed by atoms with Gasteiger partial charge in [-0.2, -0.15) is 10.2 Å². The fraction of sp³-hybridized carbons (Fsp3) is 0.450. The maximum absolute atomic E-state index is 13.5. The Kier molecular flexibility index (Phi) is 4.53. The van der Waals surface area contributed by atoms with Crippen molar-refractivity contribution in [3.8, 4) is 11.5 Å². The summed E-state index contributed by atoms with van der Waals surface area (Å²) in [5.74, 6) is -1.54. The van der Waals surface area contributed by atoms with Crippen LogP contribution in [0.1, 0.15) is 42.8 Å². The maximum Gasteiger partial charge on any atom is 0.248 e. The minimum absolute atomic E-state index is 0.0270. The van der Waals surface area contributed by atoms with Crippen LogP contribution in [0.5, 0.6) is 0 Å². The molecule has 0 saturated heterocycles. The van der Waals surface area contributed by atoms with Crippen LogP contribution >= 0.6 is 0 Å². The number of hydrogen-bond acceptors (Lipinski definition) is 3. The summed E-state index contributed by atoms with van der Waals surface area (Å²) < 4.78 is 30.5. The van der Waals surface area contributed by atoms with Gasteiger partial charge in [0.15, 0.2) is 5.82 Å². The molecule has 1 fully saturated rings. The second-order valence-corrected chi connectivity index (χ2v) is 7.47. The van der Waals surface area contributed by atoms with Crippen LogP contribution in [0.2, 0.25) is 0 Å². The maximum atomic E-state index is 13.5. The topological polar surface area (TPSA) is 48.5 Å². The van der Waals surface area contributed by atoms with E-state index >= 15 is 0 Å². The van der Waals surface area contributed by atoms with Crippen LogP contribution in [0.15, 0.2) is 36.7 Å². The van der Waals surface area contributed by atoms with Crippen LogP contribution < -0.4 is 0 Å². The SMILES string of the molecule is Cc1cc(C)n(-c2cc(-n3cccn3)cc(CC3CCC(F)(F)CC3)n2)n1. The van der Waals surface area contributed by atoms with Crippen LogP contribution in [-0.4, -0.2) is 30.5 Å². The van der Waals surface area contributed by atoms with Gasteiger partial charge in [0.1, 0.15) is 0 Å². The van der Waals surface area contributed by atoms with Crippen molar-refractivity contribution in [2.24, 2.45) is 5.92 Å². The lowest BCUT2D eigenvalue weighted by molar-refractivity contribution is -0.0457. The van der Waals surface area contributed by atoms with Crippen LogP contribution in [-0.2, 0) is 6.42 Å². The molecule has 0 amide bonds. The first-order valence-electron chi connectivity index (χ1n) is 9.32. The molecule has 5 nitrogen and oxygen atoms in total. The molecule has 1 aliphatic rings. The van der Waals surface area contributed by atoms with E-state index < -0.39 is 5.92 Å². The predicted octanol–water partition coefficient (Wildman–Crippen LogP) is 4.44. The van der Waals surface area contributed by atoms with E-state index in [4.69, 9.17) is 4.98 Å². The van der Waals surface area contributed by atoms with Crippen LogP contribution in [0, 0.1) is 19.8 Å². The molecule has 0 atom stereocenters. The van der Waals surface area contributed by atoms with Gasteiger partial charge >= 0.3 is 0 Å². The van der Waals surface area contributed by atoms with Gasteiger partial charge in [0.25, 0.3) is 0 Å². The number of aryl methyl sites for hydroxylation is 2. The number of hydrogen-bond donors (Lipinski definition) is 0. The zero-order valence-corrected chi connectivity index (χ0v) is 15.6. The summed E-state index contributed by atoms with van der Waals surface area (Å²) in [6.07, 6.45) is 5.32. The largest absolute Gasteiger partial charge is 0.248 e. The third-order valence-corrected chi connectivity index (χ3v) is 5.18. The van der Waals surface area contributed by atoms with E-state index in [1.807, 2.05) is 49.0 Å². The molecule has 0 aliphatic heterocycles. The highest BCUT2D eigenvalue weighted by Gasteiger charge is 2.35. The van der Waals surface area contributed by atoms with Gasteiger partial charge < -0.3 is 0 Å². The zero-order valence-electron chi connectivity index (χ0n) is 15.6. The Morgan fingerprint density at radius 1 is 1.15 bits per heavy atom. The molecule has 3 heterocycles. The van der Waals surface area contributed by atoms with Crippen LogP contribution in [0.25, 0.3) is 11.5 Å². The van der Waals surface area contributed by atoms with E-state index in [-0.39, 0.29) is 18.8 Å². The Hall–Kier alpha value is -2.57. The van der Waals surface area contributed by atoms with E-state index in [1.165, 1.54) is 0 Å². The van der Waals surface area contributed by atoms with Gasteiger partial charge in [0, 0.05) is 42.7 Å². The predicted molar refractivity (Wildman–Crippen MR) is 98.6 cm³/mol. The van der Waals surface area contributed by atoms with Crippen molar-refractivity contribution in [1.29, 1.82) is 0 Å². The van der Waals surface area contributed by atoms with Crippen molar-refractivity contribution in [2.45, 2.75) is 51.9 Å². The zero-order chi connectivity index (χ0) is 19.0. The first-order chi connectivity index (χ1) is 12.9. The molecule has 0 bridgehead atoms. The van der Waals surface area contributed by atoms with E-state index in [0.29, 0.717) is 19.3 Å². The average molecular weight is 371 g/mol. The van der Waals surface area contributed by atoms with Gasteiger partial charge in [-0.25, -0.2) is 23.1 Å². The molecule has 0 radical (unpaired) electrons. The minimum atomic E-state index is -2.50. The Morgan fingerprint density at radius 3 is 2.56 bits per heavy atom. The molecule has 1 saturated carbocycles. The van der Waals surface area contributed by atoms with Crippen LogP contribution in [0.3, 0.4) is 0 Å². The molecule has 3 aromatic heterocycles. The molecular formula is C20H23F2N5. The molecule has 1 aliphatic carbocycles. The smallest absolute Gasteiger partial charge is 0.241 e. The Balaban J connectivity index is 1.67. The van der Waals surface area contributed by atoms with Crippen molar-refractivity contribution < 1.29 is 8.78 Å². The number of aromatic nitrogens is 5. The molecule has 27 heavy (non-hydrogen) atoms. The second-order valence-electron chi connectivity index (χ2n) is 7.47. The first kappa shape index (κ1) is 17.8. The van der Waals surface area contributed by atoms with E-state index in [9.17, 15) is 8.78 Å². The lowest BCUT2D eigenvalue weighted by atomic mass is 9.84. The van der Waals surface area contributed by atoms with Gasteiger partial charge in [-0.05, 0) is 57.2 Å². The van der Waals surface area contributed by atoms with E-state index in [1.54, 1.807) is 10.9 Å². The lowest BCUT2D eigenvalue weighted by Crippen LogP contribution is -2.25. The standard InChI is InChI=1S/C20H23F2N5/c1-14-10-15(2)27(25-14)19-13-18(26-9-3-8-23-26)12-17(24-19)11-16-4-6-20(21,22)7-5-16/h3,8-10,12-13,16H,4-7,11H2,1-2H3. The van der Waals surface area contributed by atoms with Crippen molar-refractivity contribution in [3.63, 3.8) is 0 Å². The fourth-order valence-electron chi connectivity index (χ4n) is 3.78. The third kappa shape index (κ3) is 3.91. The quantitative estimate of drug-likeness (QED) is 0.681. The number of rotatable bonds is 4. The molecular weight excluding hydrogens is 348 g/mol. The molecule has 4 rings (SSSR count). The van der Waals surface area contributed by atoms with Gasteiger partial charge in [-0.1, -0.05) is 0 Å². The van der Waals surface area contributed by atoms with Gasteiger partial charge in [0.2, 0.25) is 5.92 Å². The summed E-state index contributed by atoms with van der Waals surface area (Å²) in [4.78, 5) is 4.79. The summed E-state index contributed by atoms with van der Waals surface area (Å²) in [5.41, 5.74) is 3.71. The molecule has 3 aromatic rings. The number of nitrogens with zero attached hydrogens (tertiary/aromatic N) is 5. The Morgan fingerprint density at radius 2 is 1.93 bits per heavy atom. The minimum Gasteiger partial charge on any atom is -0.241 e. The highest BCUT2D eigenvalue weighted by atomic mass is 19.3. The van der Waals surface area contributed by atoms with Gasteiger partial charge in [0.05, 0.1) is 11.4 Å². The summed E-state index contributed by atoms with van der Waals surface area (Å²) in [7, 11) is 0. The van der Waals surface area contributed by atoms with E-state index in [0.717, 1.165) is 28.6 Å². The first-order valence-corrected chi connectivity index (χ1v) is 9.32. The average Bonchev–Trinajstić information content (AvgIpc) is 3.26. The van der Waals surface area contributed by atoms with Crippen molar-refractivity contribution in [2.75, 3.05) is 0 Å². The normalized spacial score (nSPS) is 17.3. The summed E-state index contributed by atoms with van der Waals surface area (Å²) in [6, 6.07) is 7.82. The monoisotopic (exact) mass is 371 g/mol. The molecule has 142 valence electrons. The Labute approximate surface area is 157 Å². The molecule has 0 aromatic carbocycles. The highest BCUT2D eigenvalue weighted by molar-refractivity contribution is 5.41. The molecule has 0 N–H and O–H groups in total. The van der Waals surface area contributed by atoms with Crippen molar-refractivity contribution in [1.82, 2.24) is 24.5 Å². The lowest BCUT2D eigenvalue weighted by Gasteiger charge is -2.28. The highest BCUT2D eigenvalue weighted by Crippen LogP contribution is 2.37. The number of alkyl halides is 2. The van der Waals surface area contributed by atoms with E-state index in [2.05, 4.69) is 10.2 Å². The number of pyridine rings is 1. The summed E-state index contributed by atoms with van der Waals surface area (Å²) in [5, 5.41) is 8.85. The van der Waals surface area contributed by atoms with Crippen LogP contribution in [0.4, 0.5) is 8.78 Å². The van der Waals surface area contributed by atoms with Crippen molar-refractivity contribution >= 4 is 0 Å². The molecule has 0 unspecified atom stereocenters. The van der Waals surface area contributed by atoms with Gasteiger partial charge in [-0.3, -0.25) is 0 Å². The van der Waals surface area contributed by atoms with Gasteiger partial charge in [-0.15, -0.1) is 0 Å². The molecule has 0 spiro atoms.